The Balaban J connectivity index is 2.17. The normalized spacial score (nSPS) is 11.7. The molecule has 1 N–H and O–H groups in total. The molecule has 0 fully saturated rings. The Morgan fingerprint density at radius 2 is 2.12 bits per heavy atom. The fraction of sp³-hybridized carbons (Fsp3) is 0.625. The van der Waals surface area contributed by atoms with Crippen molar-refractivity contribution in [1.29, 1.82) is 0 Å². The summed E-state index contributed by atoms with van der Waals surface area (Å²) < 4.78 is 7.22. The molecule has 0 radical (unpaired) electrons. The molecule has 0 saturated heterocycles. The number of hydrogen-bond acceptors (Lipinski definition) is 7. The molecule has 2 aromatic rings. The molecule has 0 aliphatic heterocycles. The van der Waals surface area contributed by atoms with Crippen LogP contribution in [0.25, 0.3) is 11.2 Å². The quantitative estimate of drug-likeness (QED) is 0.466. The summed E-state index contributed by atoms with van der Waals surface area (Å²) >= 11 is 1.62. The summed E-state index contributed by atoms with van der Waals surface area (Å²) in [6.07, 6.45) is 2.77. The Hall–Kier alpha value is -1.83. The third-order valence-corrected chi connectivity index (χ3v) is 4.35. The largest absolute Gasteiger partial charge is 0.463 e. The Morgan fingerprint density at radius 1 is 1.38 bits per heavy atom. The number of imidazole rings is 1. The average Bonchev–Trinajstić information content (AvgIpc) is 2.94. The molecule has 2 rings (SSSR count). The van der Waals surface area contributed by atoms with Crippen molar-refractivity contribution in [3.05, 3.63) is 6.33 Å². The number of nitrogens with one attached hydrogen (secondary N) is 1. The smallest absolute Gasteiger partial charge is 0.311 e. The van der Waals surface area contributed by atoms with E-state index in [0.29, 0.717) is 12.4 Å². The molecule has 0 amide bonds. The van der Waals surface area contributed by atoms with E-state index in [0.717, 1.165) is 28.5 Å². The number of aromatic nitrogens is 4. The van der Waals surface area contributed by atoms with Crippen LogP contribution in [-0.4, -0.2) is 44.9 Å². The molecule has 0 aliphatic carbocycles. The highest BCUT2D eigenvalue weighted by Gasteiger charge is 2.23. The highest BCUT2D eigenvalue weighted by molar-refractivity contribution is 7.99. The molecular weight excluding hydrogens is 326 g/mol. The Morgan fingerprint density at radius 3 is 2.75 bits per heavy atom. The third-order valence-electron chi connectivity index (χ3n) is 3.29. The number of anilines is 1. The van der Waals surface area contributed by atoms with Crippen LogP contribution in [-0.2, 0) is 16.1 Å². The molecule has 0 aliphatic rings. The lowest BCUT2D eigenvalue weighted by Gasteiger charge is -2.16. The van der Waals surface area contributed by atoms with Crippen molar-refractivity contribution in [3.8, 4) is 0 Å². The van der Waals surface area contributed by atoms with Gasteiger partial charge in [0.05, 0.1) is 18.3 Å². The van der Waals surface area contributed by atoms with E-state index in [1.807, 2.05) is 32.4 Å². The van der Waals surface area contributed by atoms with Crippen LogP contribution in [0.3, 0.4) is 0 Å². The maximum Gasteiger partial charge on any atom is 0.311 e. The van der Waals surface area contributed by atoms with Gasteiger partial charge in [-0.25, -0.2) is 15.0 Å². The van der Waals surface area contributed by atoms with Gasteiger partial charge in [0, 0.05) is 12.8 Å². The van der Waals surface area contributed by atoms with Gasteiger partial charge in [0.1, 0.15) is 12.1 Å². The van der Waals surface area contributed by atoms with Gasteiger partial charge < -0.3 is 14.6 Å². The van der Waals surface area contributed by atoms with Gasteiger partial charge in [-0.05, 0) is 27.2 Å². The second kappa shape index (κ2) is 7.83. The van der Waals surface area contributed by atoms with Crippen LogP contribution >= 0.6 is 11.8 Å². The second-order valence-corrected chi connectivity index (χ2v) is 7.51. The van der Waals surface area contributed by atoms with Crippen LogP contribution in [0.4, 0.5) is 5.82 Å². The molecule has 132 valence electrons. The van der Waals surface area contributed by atoms with Crippen molar-refractivity contribution < 1.29 is 9.53 Å². The summed E-state index contributed by atoms with van der Waals surface area (Å²) in [5.41, 5.74) is 0.975. The van der Waals surface area contributed by atoms with Crippen LogP contribution in [0.1, 0.15) is 34.1 Å². The summed E-state index contributed by atoms with van der Waals surface area (Å²) in [5.74, 6) is 1.46. The van der Waals surface area contributed by atoms with Crippen molar-refractivity contribution in [3.63, 3.8) is 0 Å². The number of carbonyl (C=O) groups excluding carboxylic acids is 1. The van der Waals surface area contributed by atoms with Crippen molar-refractivity contribution in [2.45, 2.75) is 45.8 Å². The average molecular weight is 351 g/mol. The van der Waals surface area contributed by atoms with Crippen molar-refractivity contribution in [2.75, 3.05) is 24.7 Å². The van der Waals surface area contributed by atoms with E-state index in [4.69, 9.17) is 4.74 Å². The van der Waals surface area contributed by atoms with Crippen LogP contribution in [0.2, 0.25) is 0 Å². The van der Waals surface area contributed by atoms with Gasteiger partial charge in [0.2, 0.25) is 0 Å². The van der Waals surface area contributed by atoms with Gasteiger partial charge in [-0.15, -0.1) is 0 Å². The minimum Gasteiger partial charge on any atom is -0.463 e. The summed E-state index contributed by atoms with van der Waals surface area (Å²) in [6, 6.07) is 0. The molecule has 2 aromatic heterocycles. The predicted octanol–water partition coefficient (Wildman–Crippen LogP) is 2.96. The molecule has 7 nitrogen and oxygen atoms in total. The Bertz CT molecular complexity index is 708. The standard InChI is InChI=1S/C16H25N5O2S/c1-6-9-24-15-19-12(17-5)11-13(20-15)21(10-18-11)7-8-23-14(22)16(2,3)4/h10H,6-9H2,1-5H3,(H,17,19,20). The highest BCUT2D eigenvalue weighted by atomic mass is 32.2. The molecular formula is C16H25N5O2S. The number of rotatable bonds is 7. The lowest BCUT2D eigenvalue weighted by molar-refractivity contribution is -0.153. The molecule has 8 heteroatoms. The van der Waals surface area contributed by atoms with Gasteiger partial charge in [-0.1, -0.05) is 18.7 Å². The van der Waals surface area contributed by atoms with Gasteiger partial charge in [-0.3, -0.25) is 4.79 Å². The lowest BCUT2D eigenvalue weighted by atomic mass is 9.97. The van der Waals surface area contributed by atoms with E-state index in [2.05, 4.69) is 27.2 Å². The van der Waals surface area contributed by atoms with Crippen LogP contribution in [0.15, 0.2) is 11.5 Å². The SMILES string of the molecule is CCCSc1nc(NC)c2ncn(CCOC(=O)C(C)(C)C)c2n1. The van der Waals surface area contributed by atoms with E-state index >= 15 is 0 Å². The van der Waals surface area contributed by atoms with E-state index in [1.165, 1.54) is 0 Å². The van der Waals surface area contributed by atoms with Crippen molar-refractivity contribution >= 4 is 34.7 Å². The number of nitrogens with zero attached hydrogens (tertiary/aromatic N) is 4. The maximum absolute atomic E-state index is 11.8. The third kappa shape index (κ3) is 4.37. The number of fused-ring (bicyclic) bond motifs is 1. The molecule has 0 bridgehead atoms. The molecule has 0 atom stereocenters. The monoisotopic (exact) mass is 351 g/mol. The van der Waals surface area contributed by atoms with Crippen LogP contribution in [0, 0.1) is 5.41 Å². The molecule has 0 aromatic carbocycles. The van der Waals surface area contributed by atoms with Gasteiger partial charge in [-0.2, -0.15) is 0 Å². The zero-order valence-electron chi connectivity index (χ0n) is 14.9. The first-order valence-corrected chi connectivity index (χ1v) is 9.06. The first-order chi connectivity index (χ1) is 11.4. The summed E-state index contributed by atoms with van der Waals surface area (Å²) in [6.45, 7) is 8.44. The van der Waals surface area contributed by atoms with E-state index in [-0.39, 0.29) is 12.6 Å². The summed E-state index contributed by atoms with van der Waals surface area (Å²) in [7, 11) is 1.82. The molecule has 0 unspecified atom stereocenters. The summed E-state index contributed by atoms with van der Waals surface area (Å²) in [4.78, 5) is 25.3. The van der Waals surface area contributed by atoms with E-state index in [1.54, 1.807) is 18.1 Å². The predicted molar refractivity (Wildman–Crippen MR) is 96.3 cm³/mol. The van der Waals surface area contributed by atoms with Gasteiger partial charge in [0.25, 0.3) is 0 Å². The van der Waals surface area contributed by atoms with Crippen molar-refractivity contribution in [1.82, 2.24) is 19.5 Å². The second-order valence-electron chi connectivity index (χ2n) is 6.45. The van der Waals surface area contributed by atoms with E-state index < -0.39 is 5.41 Å². The number of thioether (sulfide) groups is 1. The van der Waals surface area contributed by atoms with Gasteiger partial charge in [0.15, 0.2) is 16.6 Å². The molecule has 24 heavy (non-hydrogen) atoms. The van der Waals surface area contributed by atoms with Crippen LogP contribution < -0.4 is 5.32 Å². The van der Waals surface area contributed by atoms with Crippen LogP contribution in [0.5, 0.6) is 0 Å². The lowest BCUT2D eigenvalue weighted by Crippen LogP contribution is -2.24. The highest BCUT2D eigenvalue weighted by Crippen LogP contribution is 2.23. The minimum absolute atomic E-state index is 0.211. The Kier molecular flexibility index (Phi) is 6.04. The molecule has 0 saturated carbocycles. The van der Waals surface area contributed by atoms with Gasteiger partial charge >= 0.3 is 5.97 Å². The Labute approximate surface area is 146 Å². The first kappa shape index (κ1) is 18.5. The minimum atomic E-state index is -0.498. The summed E-state index contributed by atoms with van der Waals surface area (Å²) in [5, 5.41) is 3.79. The zero-order valence-corrected chi connectivity index (χ0v) is 15.7. The number of esters is 1. The first-order valence-electron chi connectivity index (χ1n) is 8.07. The molecule has 0 spiro atoms. The molecule has 2 heterocycles. The number of hydrogen-bond donors (Lipinski definition) is 1. The fourth-order valence-corrected chi connectivity index (χ4v) is 2.67. The number of ether oxygens (including phenoxy) is 1. The zero-order chi connectivity index (χ0) is 17.7. The fourth-order valence-electron chi connectivity index (χ4n) is 1.97. The number of carbonyl (C=O) groups is 1. The topological polar surface area (TPSA) is 81.9 Å². The van der Waals surface area contributed by atoms with E-state index in [9.17, 15) is 4.79 Å². The van der Waals surface area contributed by atoms with Crippen molar-refractivity contribution in [2.24, 2.45) is 5.41 Å². The maximum atomic E-state index is 11.8.